The fraction of sp³-hybridized carbons (Fsp3) is 0.286. The molecule has 1 heterocycles. The Morgan fingerprint density at radius 2 is 1.64 bits per heavy atom. The van der Waals surface area contributed by atoms with E-state index in [2.05, 4.69) is 6.92 Å². The zero-order valence-corrected chi connectivity index (χ0v) is 19.1. The molecule has 0 saturated heterocycles. The van der Waals surface area contributed by atoms with Gasteiger partial charge in [0.1, 0.15) is 5.82 Å². The van der Waals surface area contributed by atoms with Gasteiger partial charge in [-0.2, -0.15) is 0 Å². The number of fused-ring (bicyclic) bond motifs is 1. The molecule has 3 aromatic carbocycles. The minimum Gasteiger partial charge on any atom is -0.309 e. The van der Waals surface area contributed by atoms with Crippen LogP contribution in [0.1, 0.15) is 61.5 Å². The molecule has 0 radical (unpaired) electrons. The third kappa shape index (κ3) is 4.54. The lowest BCUT2D eigenvalue weighted by Crippen LogP contribution is -2.48. The highest BCUT2D eigenvalue weighted by atomic mass is 19.1. The Balaban J connectivity index is 1.82. The number of nitrogens with zero attached hydrogens (tertiary/aromatic N) is 2. The van der Waals surface area contributed by atoms with Gasteiger partial charge in [-0.3, -0.25) is 14.5 Å². The lowest BCUT2D eigenvalue weighted by Gasteiger charge is -2.43. The molecule has 33 heavy (non-hydrogen) atoms. The van der Waals surface area contributed by atoms with Crippen molar-refractivity contribution in [3.63, 3.8) is 0 Å². The van der Waals surface area contributed by atoms with Gasteiger partial charge in [0.15, 0.2) is 0 Å². The van der Waals surface area contributed by atoms with Crippen molar-refractivity contribution in [2.75, 3.05) is 9.80 Å². The summed E-state index contributed by atoms with van der Waals surface area (Å²) in [6.07, 6.45) is 2.79. The second-order valence-electron chi connectivity index (χ2n) is 8.52. The normalized spacial score (nSPS) is 17.4. The van der Waals surface area contributed by atoms with Gasteiger partial charge < -0.3 is 4.90 Å². The van der Waals surface area contributed by atoms with Crippen LogP contribution >= 0.6 is 0 Å². The number of carbonyl (C=O) groups excluding carboxylic acids is 2. The van der Waals surface area contributed by atoms with Gasteiger partial charge in [-0.25, -0.2) is 4.39 Å². The zero-order valence-electron chi connectivity index (χ0n) is 19.1. The highest BCUT2D eigenvalue weighted by Gasteiger charge is 2.39. The first-order chi connectivity index (χ1) is 16.0. The first kappa shape index (κ1) is 22.7. The van der Waals surface area contributed by atoms with Crippen molar-refractivity contribution in [2.45, 2.75) is 51.6 Å². The highest BCUT2D eigenvalue weighted by molar-refractivity contribution is 6.07. The van der Waals surface area contributed by atoms with Crippen LogP contribution in [0.15, 0.2) is 78.9 Å². The van der Waals surface area contributed by atoms with E-state index < -0.39 is 11.9 Å². The van der Waals surface area contributed by atoms with Crippen molar-refractivity contribution in [2.24, 2.45) is 0 Å². The van der Waals surface area contributed by atoms with Gasteiger partial charge in [-0.15, -0.1) is 0 Å². The van der Waals surface area contributed by atoms with E-state index in [4.69, 9.17) is 0 Å². The van der Waals surface area contributed by atoms with Crippen molar-refractivity contribution >= 4 is 23.2 Å². The Morgan fingerprint density at radius 1 is 0.970 bits per heavy atom. The molecule has 0 saturated carbocycles. The van der Waals surface area contributed by atoms with Crippen LogP contribution in [0.5, 0.6) is 0 Å². The van der Waals surface area contributed by atoms with Crippen molar-refractivity contribution in [1.82, 2.24) is 0 Å². The molecule has 0 unspecified atom stereocenters. The van der Waals surface area contributed by atoms with Crippen molar-refractivity contribution in [1.29, 1.82) is 0 Å². The van der Waals surface area contributed by atoms with Crippen LogP contribution in [0.25, 0.3) is 0 Å². The van der Waals surface area contributed by atoms with E-state index in [0.29, 0.717) is 18.4 Å². The molecule has 0 N–H and O–H groups in total. The van der Waals surface area contributed by atoms with E-state index in [1.165, 1.54) is 6.07 Å². The number of amides is 2. The summed E-state index contributed by atoms with van der Waals surface area (Å²) >= 11 is 0. The molecule has 170 valence electrons. The van der Waals surface area contributed by atoms with Gasteiger partial charge in [0.25, 0.3) is 5.91 Å². The number of hydrogen-bond acceptors (Lipinski definition) is 2. The predicted octanol–water partition coefficient (Wildman–Crippen LogP) is 6.53. The van der Waals surface area contributed by atoms with Gasteiger partial charge in [0, 0.05) is 23.7 Å². The fourth-order valence-corrected chi connectivity index (χ4v) is 4.64. The maximum Gasteiger partial charge on any atom is 0.258 e. The molecule has 0 aliphatic carbocycles. The molecule has 1 aliphatic heterocycles. The van der Waals surface area contributed by atoms with Crippen LogP contribution in [0.2, 0.25) is 0 Å². The molecule has 5 heteroatoms. The molecule has 0 aromatic heterocycles. The number of anilines is 2. The van der Waals surface area contributed by atoms with E-state index in [-0.39, 0.29) is 23.5 Å². The molecular formula is C28H29FN2O2. The van der Waals surface area contributed by atoms with E-state index in [0.717, 1.165) is 24.1 Å². The third-order valence-corrected chi connectivity index (χ3v) is 6.24. The Labute approximate surface area is 194 Å². The van der Waals surface area contributed by atoms with Crippen molar-refractivity contribution in [3.8, 4) is 0 Å². The molecule has 3 aromatic rings. The Bertz CT molecular complexity index is 1130. The summed E-state index contributed by atoms with van der Waals surface area (Å²) in [5.41, 5.74) is 2.38. The predicted molar refractivity (Wildman–Crippen MR) is 130 cm³/mol. The number of carbonyl (C=O) groups is 2. The summed E-state index contributed by atoms with van der Waals surface area (Å²) in [6, 6.07) is 22.5. The maximum absolute atomic E-state index is 15.0. The number of halogens is 1. The Morgan fingerprint density at radius 3 is 2.36 bits per heavy atom. The first-order valence-corrected chi connectivity index (χ1v) is 11.6. The number of rotatable bonds is 6. The fourth-order valence-electron chi connectivity index (χ4n) is 4.64. The highest BCUT2D eigenvalue weighted by Crippen LogP contribution is 2.43. The average molecular weight is 445 g/mol. The lowest BCUT2D eigenvalue weighted by atomic mass is 9.89. The van der Waals surface area contributed by atoms with Crippen molar-refractivity contribution in [3.05, 3.63) is 95.8 Å². The maximum atomic E-state index is 15.0. The summed E-state index contributed by atoms with van der Waals surface area (Å²) < 4.78 is 15.0. The molecule has 0 spiro atoms. The number of hydrogen-bond donors (Lipinski definition) is 0. The van der Waals surface area contributed by atoms with E-state index in [1.54, 1.807) is 47.4 Å². The zero-order chi connectivity index (χ0) is 23.4. The smallest absolute Gasteiger partial charge is 0.258 e. The SMILES string of the molecule is CCCCC(=O)N1c2ccccc2[C@H](N(C(=O)c2ccccc2)c2ccccc2F)C[C@@H]1C. The molecule has 4 nitrogen and oxygen atoms in total. The quantitative estimate of drug-likeness (QED) is 0.434. The Kier molecular flexibility index (Phi) is 6.87. The van der Waals surface area contributed by atoms with Gasteiger partial charge in [-0.1, -0.05) is 61.9 Å². The largest absolute Gasteiger partial charge is 0.309 e. The molecule has 2 atom stereocenters. The van der Waals surface area contributed by atoms with Crippen LogP contribution < -0.4 is 9.80 Å². The second kappa shape index (κ2) is 9.99. The van der Waals surface area contributed by atoms with Crippen molar-refractivity contribution < 1.29 is 14.0 Å². The van der Waals surface area contributed by atoms with Crippen LogP contribution in [-0.2, 0) is 4.79 Å². The van der Waals surface area contributed by atoms with Gasteiger partial charge in [0.05, 0.1) is 11.7 Å². The second-order valence-corrected chi connectivity index (χ2v) is 8.52. The number of benzene rings is 3. The third-order valence-electron chi connectivity index (χ3n) is 6.24. The monoisotopic (exact) mass is 444 g/mol. The average Bonchev–Trinajstić information content (AvgIpc) is 2.84. The molecule has 1 aliphatic rings. The van der Waals surface area contributed by atoms with Gasteiger partial charge >= 0.3 is 0 Å². The van der Waals surface area contributed by atoms with Crippen LogP contribution in [0, 0.1) is 5.82 Å². The molecule has 2 amide bonds. The van der Waals surface area contributed by atoms with E-state index in [9.17, 15) is 9.59 Å². The van der Waals surface area contributed by atoms with Gasteiger partial charge in [0.2, 0.25) is 5.91 Å². The van der Waals surface area contributed by atoms with Crippen LogP contribution in [-0.4, -0.2) is 17.9 Å². The standard InChI is InChI=1S/C28H29FN2O2/c1-3-4-18-27(32)30-20(2)19-26(22-14-8-10-16-24(22)30)31(25-17-11-9-15-23(25)29)28(33)21-12-6-5-7-13-21/h5-17,20,26H,3-4,18-19H2,1-2H3/t20-,26+/m0/s1. The van der Waals surface area contributed by atoms with E-state index in [1.807, 2.05) is 42.2 Å². The van der Waals surface area contributed by atoms with E-state index >= 15 is 4.39 Å². The lowest BCUT2D eigenvalue weighted by molar-refractivity contribution is -0.119. The van der Waals surface area contributed by atoms with Crippen LogP contribution in [0.4, 0.5) is 15.8 Å². The topological polar surface area (TPSA) is 40.6 Å². The summed E-state index contributed by atoms with van der Waals surface area (Å²) in [5, 5.41) is 0. The summed E-state index contributed by atoms with van der Waals surface area (Å²) in [7, 11) is 0. The minimum atomic E-state index is -0.451. The molecule has 4 rings (SSSR count). The van der Waals surface area contributed by atoms with Crippen LogP contribution in [0.3, 0.4) is 0 Å². The Hall–Kier alpha value is -3.47. The minimum absolute atomic E-state index is 0.0853. The van der Waals surface area contributed by atoms with Gasteiger partial charge in [-0.05, 0) is 55.7 Å². The summed E-state index contributed by atoms with van der Waals surface area (Å²) in [5.74, 6) is -0.631. The molecule has 0 fully saturated rings. The molecular weight excluding hydrogens is 415 g/mol. The molecule has 0 bridgehead atoms. The first-order valence-electron chi connectivity index (χ1n) is 11.6. The number of para-hydroxylation sites is 2. The summed E-state index contributed by atoms with van der Waals surface area (Å²) in [4.78, 5) is 30.2. The number of unbranched alkanes of at least 4 members (excludes halogenated alkanes) is 1. The summed E-state index contributed by atoms with van der Waals surface area (Å²) in [6.45, 7) is 4.07.